The van der Waals surface area contributed by atoms with Crippen LogP contribution in [0, 0.1) is 13.8 Å². The van der Waals surface area contributed by atoms with Crippen molar-refractivity contribution in [1.29, 1.82) is 0 Å². The second kappa shape index (κ2) is 7.60. The van der Waals surface area contributed by atoms with E-state index in [4.69, 9.17) is 0 Å². The summed E-state index contributed by atoms with van der Waals surface area (Å²) in [5.74, 6) is -0.0343. The molecule has 1 amide bonds. The lowest BCUT2D eigenvalue weighted by atomic mass is 9.94. The first-order valence-electron chi connectivity index (χ1n) is 9.70. The number of H-pyrrole nitrogens is 1. The zero-order valence-corrected chi connectivity index (χ0v) is 16.6. The second-order valence-corrected chi connectivity index (χ2v) is 7.64. The van der Waals surface area contributed by atoms with Gasteiger partial charge in [-0.3, -0.25) is 14.8 Å². The standard InChI is InChI=1S/C23H26N4O/c1-15-22(16(2)26-25-15)18-9-6-10-19(11-18)23(28)24-13-21-12-17-7-4-5-8-20(17)14-27(21)3/h4-11,21H,12-14H2,1-3H3,(H,24,28)(H,25,26)/t21-/m1/s1. The third-order valence-corrected chi connectivity index (χ3v) is 5.66. The Hall–Kier alpha value is -2.92. The molecule has 0 aliphatic carbocycles. The van der Waals surface area contributed by atoms with Gasteiger partial charge in [0.05, 0.1) is 5.69 Å². The number of nitrogens with one attached hydrogen (secondary N) is 2. The van der Waals surface area contributed by atoms with Gasteiger partial charge in [-0.25, -0.2) is 0 Å². The highest BCUT2D eigenvalue weighted by atomic mass is 16.1. The summed E-state index contributed by atoms with van der Waals surface area (Å²) in [7, 11) is 2.12. The average Bonchev–Trinajstić information content (AvgIpc) is 3.04. The van der Waals surface area contributed by atoms with Gasteiger partial charge in [-0.15, -0.1) is 0 Å². The van der Waals surface area contributed by atoms with Crippen LogP contribution >= 0.6 is 0 Å². The number of carbonyl (C=O) groups is 1. The minimum Gasteiger partial charge on any atom is -0.350 e. The highest BCUT2D eigenvalue weighted by molar-refractivity contribution is 5.95. The third kappa shape index (κ3) is 3.58. The molecule has 2 aromatic carbocycles. The Balaban J connectivity index is 1.46. The number of hydrogen-bond donors (Lipinski definition) is 2. The van der Waals surface area contributed by atoms with Crippen LogP contribution in [0.15, 0.2) is 48.5 Å². The fourth-order valence-corrected chi connectivity index (χ4v) is 4.05. The van der Waals surface area contributed by atoms with Gasteiger partial charge in [0, 0.05) is 36.0 Å². The van der Waals surface area contributed by atoms with E-state index in [0.29, 0.717) is 18.2 Å². The van der Waals surface area contributed by atoms with Gasteiger partial charge in [0.2, 0.25) is 0 Å². The summed E-state index contributed by atoms with van der Waals surface area (Å²) < 4.78 is 0. The summed E-state index contributed by atoms with van der Waals surface area (Å²) in [6.07, 6.45) is 0.959. The van der Waals surface area contributed by atoms with E-state index in [1.165, 1.54) is 11.1 Å². The van der Waals surface area contributed by atoms with Crippen LogP contribution < -0.4 is 5.32 Å². The first-order valence-corrected chi connectivity index (χ1v) is 9.70. The molecule has 0 saturated heterocycles. The van der Waals surface area contributed by atoms with Crippen molar-refractivity contribution in [3.05, 3.63) is 76.6 Å². The molecule has 0 spiro atoms. The highest BCUT2D eigenvalue weighted by Gasteiger charge is 2.23. The van der Waals surface area contributed by atoms with Gasteiger partial charge in [0.1, 0.15) is 0 Å². The molecule has 3 aromatic rings. The zero-order valence-electron chi connectivity index (χ0n) is 16.6. The smallest absolute Gasteiger partial charge is 0.251 e. The largest absolute Gasteiger partial charge is 0.350 e. The van der Waals surface area contributed by atoms with Crippen LogP contribution in [-0.4, -0.2) is 40.6 Å². The molecule has 1 aromatic heterocycles. The topological polar surface area (TPSA) is 61.0 Å². The van der Waals surface area contributed by atoms with Crippen molar-refractivity contribution in [3.63, 3.8) is 0 Å². The van der Waals surface area contributed by atoms with Gasteiger partial charge in [-0.05, 0) is 56.1 Å². The van der Waals surface area contributed by atoms with Crippen molar-refractivity contribution in [2.75, 3.05) is 13.6 Å². The van der Waals surface area contributed by atoms with Crippen LogP contribution in [0.3, 0.4) is 0 Å². The van der Waals surface area contributed by atoms with Crippen molar-refractivity contribution >= 4 is 5.91 Å². The van der Waals surface area contributed by atoms with Crippen LogP contribution in [0.25, 0.3) is 11.1 Å². The van der Waals surface area contributed by atoms with E-state index in [-0.39, 0.29) is 5.91 Å². The summed E-state index contributed by atoms with van der Waals surface area (Å²) >= 11 is 0. The van der Waals surface area contributed by atoms with Crippen molar-refractivity contribution in [3.8, 4) is 11.1 Å². The van der Waals surface area contributed by atoms with E-state index in [0.717, 1.165) is 35.5 Å². The average molecular weight is 374 g/mol. The predicted octanol–water partition coefficient (Wildman–Crippen LogP) is 3.48. The van der Waals surface area contributed by atoms with E-state index < -0.39 is 0 Å². The number of likely N-dealkylation sites (N-methyl/N-ethyl adjacent to an activating group) is 1. The van der Waals surface area contributed by atoms with Gasteiger partial charge < -0.3 is 5.32 Å². The van der Waals surface area contributed by atoms with E-state index in [9.17, 15) is 4.79 Å². The molecule has 5 heteroatoms. The molecule has 1 aliphatic heterocycles. The molecule has 5 nitrogen and oxygen atoms in total. The molecule has 28 heavy (non-hydrogen) atoms. The zero-order chi connectivity index (χ0) is 19.7. The Morgan fingerprint density at radius 3 is 2.71 bits per heavy atom. The highest BCUT2D eigenvalue weighted by Crippen LogP contribution is 2.26. The van der Waals surface area contributed by atoms with E-state index in [1.807, 2.05) is 38.1 Å². The van der Waals surface area contributed by atoms with Gasteiger partial charge in [0.15, 0.2) is 0 Å². The van der Waals surface area contributed by atoms with E-state index >= 15 is 0 Å². The molecule has 2 N–H and O–H groups in total. The Morgan fingerprint density at radius 2 is 1.96 bits per heavy atom. The minimum atomic E-state index is -0.0343. The number of fused-ring (bicyclic) bond motifs is 1. The van der Waals surface area contributed by atoms with Crippen LogP contribution in [-0.2, 0) is 13.0 Å². The summed E-state index contributed by atoms with van der Waals surface area (Å²) in [5.41, 5.74) is 7.48. The maximum absolute atomic E-state index is 12.8. The maximum Gasteiger partial charge on any atom is 0.251 e. The molecule has 0 unspecified atom stereocenters. The minimum absolute atomic E-state index is 0.0343. The van der Waals surface area contributed by atoms with Crippen molar-refractivity contribution < 1.29 is 4.79 Å². The molecular formula is C23H26N4O. The Bertz CT molecular complexity index is 988. The molecular weight excluding hydrogens is 348 g/mol. The van der Waals surface area contributed by atoms with Crippen LogP contribution in [0.2, 0.25) is 0 Å². The van der Waals surface area contributed by atoms with Crippen molar-refractivity contribution in [2.45, 2.75) is 32.9 Å². The number of aryl methyl sites for hydroxylation is 2. The summed E-state index contributed by atoms with van der Waals surface area (Å²) in [6, 6.07) is 16.6. The molecule has 0 fully saturated rings. The van der Waals surface area contributed by atoms with Crippen LogP contribution in [0.1, 0.15) is 32.9 Å². The van der Waals surface area contributed by atoms with Gasteiger partial charge >= 0.3 is 0 Å². The first kappa shape index (κ1) is 18.4. The normalized spacial score (nSPS) is 16.6. The molecule has 144 valence electrons. The molecule has 0 bridgehead atoms. The van der Waals surface area contributed by atoms with Gasteiger partial charge in [-0.2, -0.15) is 5.10 Å². The summed E-state index contributed by atoms with van der Waals surface area (Å²) in [6.45, 7) is 5.53. The van der Waals surface area contributed by atoms with Crippen LogP contribution in [0.4, 0.5) is 0 Å². The first-order chi connectivity index (χ1) is 13.5. The second-order valence-electron chi connectivity index (χ2n) is 7.64. The number of benzene rings is 2. The lowest BCUT2D eigenvalue weighted by Crippen LogP contribution is -2.45. The molecule has 0 radical (unpaired) electrons. The summed E-state index contributed by atoms with van der Waals surface area (Å²) in [5, 5.41) is 10.4. The Morgan fingerprint density at radius 1 is 1.18 bits per heavy atom. The van der Waals surface area contributed by atoms with E-state index in [2.05, 4.69) is 51.7 Å². The number of nitrogens with zero attached hydrogens (tertiary/aromatic N) is 2. The quantitative estimate of drug-likeness (QED) is 0.735. The molecule has 2 heterocycles. The van der Waals surface area contributed by atoms with E-state index in [1.54, 1.807) is 0 Å². The molecule has 1 aliphatic rings. The molecule has 1 atom stereocenters. The number of hydrogen-bond acceptors (Lipinski definition) is 3. The Kier molecular flexibility index (Phi) is 5.01. The Labute approximate surface area is 165 Å². The van der Waals surface area contributed by atoms with Crippen molar-refractivity contribution in [1.82, 2.24) is 20.4 Å². The lowest BCUT2D eigenvalue weighted by Gasteiger charge is -2.34. The molecule has 0 saturated carbocycles. The molecule has 4 rings (SSSR count). The maximum atomic E-state index is 12.8. The number of carbonyl (C=O) groups excluding carboxylic acids is 1. The number of aromatic amines is 1. The fraction of sp³-hybridized carbons (Fsp3) is 0.304. The number of aromatic nitrogens is 2. The van der Waals surface area contributed by atoms with Gasteiger partial charge in [-0.1, -0.05) is 36.4 Å². The predicted molar refractivity (Wildman–Crippen MR) is 111 cm³/mol. The SMILES string of the molecule is Cc1n[nH]c(C)c1-c1cccc(C(=O)NC[C@H]2Cc3ccccc3CN2C)c1. The number of amides is 1. The summed E-state index contributed by atoms with van der Waals surface area (Å²) in [4.78, 5) is 15.1. The third-order valence-electron chi connectivity index (χ3n) is 5.66. The van der Waals surface area contributed by atoms with Gasteiger partial charge in [0.25, 0.3) is 5.91 Å². The number of rotatable bonds is 4. The monoisotopic (exact) mass is 374 g/mol. The van der Waals surface area contributed by atoms with Crippen LogP contribution in [0.5, 0.6) is 0 Å². The fourth-order valence-electron chi connectivity index (χ4n) is 4.05. The van der Waals surface area contributed by atoms with Crippen molar-refractivity contribution in [2.24, 2.45) is 0 Å². The lowest BCUT2D eigenvalue weighted by molar-refractivity contribution is 0.0934.